The molecule has 0 N–H and O–H groups in total. The molecule has 0 fully saturated rings. The lowest BCUT2D eigenvalue weighted by Gasteiger charge is -2.15. The lowest BCUT2D eigenvalue weighted by atomic mass is 9.95. The Kier molecular flexibility index (Phi) is 6.31. The predicted octanol–water partition coefficient (Wildman–Crippen LogP) is 5.90. The minimum absolute atomic E-state index is 0.309. The van der Waals surface area contributed by atoms with E-state index in [2.05, 4.69) is 36.3 Å². The molecule has 0 aliphatic carbocycles. The Balaban J connectivity index is 1.86. The summed E-state index contributed by atoms with van der Waals surface area (Å²) in [5.74, 6) is -0.310. The summed E-state index contributed by atoms with van der Waals surface area (Å²) in [6, 6.07) is 4.50. The fourth-order valence-corrected chi connectivity index (χ4v) is 4.67. The number of aromatic nitrogens is 5. The molecule has 3 heterocycles. The first-order valence-electron chi connectivity index (χ1n) is 11.0. The van der Waals surface area contributed by atoms with Crippen LogP contribution in [0.3, 0.4) is 0 Å². The van der Waals surface area contributed by atoms with Crippen LogP contribution in [0.5, 0.6) is 0 Å². The van der Waals surface area contributed by atoms with Gasteiger partial charge in [-0.15, -0.1) is 0 Å². The maximum absolute atomic E-state index is 15.3. The summed E-state index contributed by atoms with van der Waals surface area (Å²) in [6.45, 7) is 13.6. The Morgan fingerprint density at radius 2 is 1.97 bits per heavy atom. The number of aryl methyl sites for hydroxylation is 2. The molecule has 0 atom stereocenters. The summed E-state index contributed by atoms with van der Waals surface area (Å²) < 4.78 is 24.8. The Hall–Kier alpha value is -3.10. The summed E-state index contributed by atoms with van der Waals surface area (Å²) in [7, 11) is 0.670. The molecule has 0 aliphatic rings. The van der Waals surface area contributed by atoms with Gasteiger partial charge in [-0.1, -0.05) is 38.4 Å². The van der Waals surface area contributed by atoms with Gasteiger partial charge in [-0.2, -0.15) is 10.2 Å². The van der Waals surface area contributed by atoms with Gasteiger partial charge < -0.3 is 4.74 Å². The first kappa shape index (κ1) is 23.1. The second-order valence-electron chi connectivity index (χ2n) is 9.58. The lowest BCUT2D eigenvalue weighted by molar-refractivity contribution is 0.0818. The number of rotatable bonds is 8. The Morgan fingerprint density at radius 3 is 2.61 bits per heavy atom. The smallest absolute Gasteiger partial charge is 0.140 e. The van der Waals surface area contributed by atoms with E-state index >= 15 is 4.39 Å². The van der Waals surface area contributed by atoms with E-state index in [1.54, 1.807) is 29.3 Å². The molecule has 0 spiro atoms. The molecule has 0 radical (unpaired) electrons. The van der Waals surface area contributed by atoms with E-state index in [0.29, 0.717) is 24.5 Å². The molecule has 0 aliphatic heterocycles. The van der Waals surface area contributed by atoms with Crippen molar-refractivity contribution in [2.45, 2.75) is 39.3 Å². The molecule has 4 rings (SSSR count). The van der Waals surface area contributed by atoms with Crippen molar-refractivity contribution in [1.82, 2.24) is 24.5 Å². The summed E-state index contributed by atoms with van der Waals surface area (Å²) in [5.41, 5.74) is 5.16. The Morgan fingerprint density at radius 1 is 1.18 bits per heavy atom. The van der Waals surface area contributed by atoms with Crippen LogP contribution in [-0.4, -0.2) is 39.2 Å². The average Bonchev–Trinajstić information content (AvgIpc) is 3.34. The fourth-order valence-electron chi connectivity index (χ4n) is 3.91. The van der Waals surface area contributed by atoms with Crippen LogP contribution in [0, 0.1) is 12.7 Å². The van der Waals surface area contributed by atoms with Gasteiger partial charge >= 0.3 is 0 Å². The molecule has 33 heavy (non-hydrogen) atoms. The molecule has 0 bridgehead atoms. The van der Waals surface area contributed by atoms with Crippen molar-refractivity contribution < 1.29 is 9.13 Å². The van der Waals surface area contributed by atoms with Gasteiger partial charge in [0.1, 0.15) is 18.2 Å². The van der Waals surface area contributed by atoms with Crippen molar-refractivity contribution >= 4 is 25.1 Å². The van der Waals surface area contributed by atoms with E-state index in [1.165, 1.54) is 6.07 Å². The number of hydrogen-bond acceptors (Lipinski definition) is 4. The van der Waals surface area contributed by atoms with Gasteiger partial charge in [0, 0.05) is 56.2 Å². The predicted molar refractivity (Wildman–Crippen MR) is 134 cm³/mol. The largest absolute Gasteiger partial charge is 0.360 e. The van der Waals surface area contributed by atoms with Crippen molar-refractivity contribution in [3.05, 3.63) is 60.4 Å². The number of halogens is 1. The maximum Gasteiger partial charge on any atom is 0.140 e. The third-order valence-corrected chi connectivity index (χ3v) is 7.37. The normalized spacial score (nSPS) is 11.9. The second-order valence-corrected chi connectivity index (χ2v) is 15.2. The van der Waals surface area contributed by atoms with E-state index in [9.17, 15) is 0 Å². The zero-order valence-electron chi connectivity index (χ0n) is 19.9. The second kappa shape index (κ2) is 9.03. The van der Waals surface area contributed by atoms with Gasteiger partial charge in [-0.05, 0) is 30.2 Å². The summed E-state index contributed by atoms with van der Waals surface area (Å²) in [5, 5.41) is 10.0. The topological polar surface area (TPSA) is 57.8 Å². The lowest BCUT2D eigenvalue weighted by Crippen LogP contribution is -2.22. The van der Waals surface area contributed by atoms with Crippen LogP contribution in [0.25, 0.3) is 39.4 Å². The molecule has 8 heteroatoms. The number of ether oxygens (including phenoxy) is 1. The summed E-state index contributed by atoms with van der Waals surface area (Å²) >= 11 is 0. The van der Waals surface area contributed by atoms with E-state index < -0.39 is 8.07 Å². The number of pyridine rings is 1. The van der Waals surface area contributed by atoms with Crippen molar-refractivity contribution in [2.24, 2.45) is 7.05 Å². The SMILES string of the molecule is C=Cc1cc(C)c(-c2cncc3c2c(-c2cnn(C)c2)nn3COCC[Si](C)(C)C)c(F)c1. The van der Waals surface area contributed by atoms with Crippen LogP contribution < -0.4 is 0 Å². The third-order valence-electron chi connectivity index (χ3n) is 5.66. The molecule has 3 aromatic heterocycles. The molecule has 0 unspecified atom stereocenters. The fraction of sp³-hybridized carbons (Fsp3) is 0.320. The molecule has 1 aromatic carbocycles. The molecular formula is C25H30FN5OSi. The first-order chi connectivity index (χ1) is 15.7. The van der Waals surface area contributed by atoms with Gasteiger partial charge in [0.05, 0.1) is 17.9 Å². The zero-order valence-corrected chi connectivity index (χ0v) is 20.9. The highest BCUT2D eigenvalue weighted by atomic mass is 28.3. The highest BCUT2D eigenvalue weighted by Crippen LogP contribution is 2.38. The first-order valence-corrected chi connectivity index (χ1v) is 14.7. The minimum Gasteiger partial charge on any atom is -0.360 e. The number of benzene rings is 1. The highest BCUT2D eigenvalue weighted by Gasteiger charge is 2.22. The Bertz CT molecular complexity index is 1300. The number of nitrogens with zero attached hydrogens (tertiary/aromatic N) is 5. The van der Waals surface area contributed by atoms with Crippen LogP contribution in [-0.2, 0) is 18.5 Å². The van der Waals surface area contributed by atoms with Gasteiger partial charge in [-0.3, -0.25) is 9.67 Å². The van der Waals surface area contributed by atoms with Crippen molar-refractivity contribution in [3.8, 4) is 22.4 Å². The van der Waals surface area contributed by atoms with Crippen LogP contribution in [0.15, 0.2) is 43.5 Å². The molecule has 0 saturated heterocycles. The molecule has 0 amide bonds. The molecular weight excluding hydrogens is 433 g/mol. The Labute approximate surface area is 194 Å². The van der Waals surface area contributed by atoms with Gasteiger partial charge in [0.25, 0.3) is 0 Å². The van der Waals surface area contributed by atoms with Gasteiger partial charge in [0.15, 0.2) is 0 Å². The van der Waals surface area contributed by atoms with E-state index in [-0.39, 0.29) is 5.82 Å². The van der Waals surface area contributed by atoms with E-state index in [0.717, 1.165) is 39.3 Å². The van der Waals surface area contributed by atoms with Gasteiger partial charge in [0.2, 0.25) is 0 Å². The van der Waals surface area contributed by atoms with Crippen molar-refractivity contribution in [2.75, 3.05) is 6.61 Å². The standard InChI is InChI=1S/C25H30FN5OSi/c1-7-18-10-17(2)23(21(26)11-18)20-13-27-14-22-24(20)25(19-12-28-30(3)15-19)29-31(22)16-32-8-9-33(4,5)6/h7,10-15H,1,8-9,16H2,2-6H3. The zero-order chi connectivity index (χ0) is 23.8. The van der Waals surface area contributed by atoms with E-state index in [4.69, 9.17) is 9.84 Å². The third kappa shape index (κ3) is 4.81. The molecule has 6 nitrogen and oxygen atoms in total. The quantitative estimate of drug-likeness (QED) is 0.241. The summed E-state index contributed by atoms with van der Waals surface area (Å²) in [4.78, 5) is 4.44. The van der Waals surface area contributed by atoms with Gasteiger partial charge in [-0.25, -0.2) is 9.07 Å². The maximum atomic E-state index is 15.3. The van der Waals surface area contributed by atoms with Crippen LogP contribution in [0.1, 0.15) is 11.1 Å². The summed E-state index contributed by atoms with van der Waals surface area (Å²) in [6.07, 6.45) is 8.80. The van der Waals surface area contributed by atoms with Crippen LogP contribution in [0.2, 0.25) is 25.7 Å². The molecule has 172 valence electrons. The number of fused-ring (bicyclic) bond motifs is 1. The van der Waals surface area contributed by atoms with E-state index in [1.807, 2.05) is 30.9 Å². The molecule has 4 aromatic rings. The van der Waals surface area contributed by atoms with Crippen LogP contribution in [0.4, 0.5) is 4.39 Å². The molecule has 0 saturated carbocycles. The average molecular weight is 464 g/mol. The minimum atomic E-state index is -1.19. The van der Waals surface area contributed by atoms with Crippen molar-refractivity contribution in [1.29, 1.82) is 0 Å². The monoisotopic (exact) mass is 463 g/mol. The van der Waals surface area contributed by atoms with Crippen LogP contribution >= 0.6 is 0 Å². The van der Waals surface area contributed by atoms with Crippen molar-refractivity contribution in [3.63, 3.8) is 0 Å². The number of hydrogen-bond donors (Lipinski definition) is 0. The highest BCUT2D eigenvalue weighted by molar-refractivity contribution is 6.76.